The van der Waals surface area contributed by atoms with Crippen molar-refractivity contribution >= 4 is 38.4 Å². The Labute approximate surface area is 147 Å². The molecule has 2 aromatic heterocycles. The molecule has 6 heteroatoms. The highest BCUT2D eigenvalue weighted by Gasteiger charge is 2.27. The van der Waals surface area contributed by atoms with Crippen LogP contribution in [0.25, 0.3) is 16.4 Å². The van der Waals surface area contributed by atoms with Crippen LogP contribution < -0.4 is 9.67 Å². The molecule has 0 saturated carbocycles. The quantitative estimate of drug-likeness (QED) is 0.362. The molecule has 24 heavy (non-hydrogen) atoms. The van der Waals surface area contributed by atoms with Crippen molar-refractivity contribution in [1.82, 2.24) is 4.40 Å². The lowest BCUT2D eigenvalue weighted by Gasteiger charge is -2.06. The topological polar surface area (TPSA) is 48.4 Å². The number of rotatable bonds is 6. The Morgan fingerprint density at radius 1 is 1.25 bits per heavy atom. The second kappa shape index (κ2) is 6.89. The molecule has 0 atom stereocenters. The maximum atomic E-state index is 13.5. The Balaban J connectivity index is 2.25. The Morgan fingerprint density at radius 2 is 2.04 bits per heavy atom. The van der Waals surface area contributed by atoms with E-state index in [-0.39, 0.29) is 0 Å². The van der Waals surface area contributed by atoms with Gasteiger partial charge >= 0.3 is 6.04 Å². The maximum absolute atomic E-state index is 13.5. The van der Waals surface area contributed by atoms with E-state index in [9.17, 15) is 14.3 Å². The molecule has 0 aliphatic carbocycles. The summed E-state index contributed by atoms with van der Waals surface area (Å²) in [4.78, 5) is 11.4. The van der Waals surface area contributed by atoms with E-state index in [1.807, 2.05) is 18.2 Å². The summed E-state index contributed by atoms with van der Waals surface area (Å²) >= 11 is 3.50. The van der Waals surface area contributed by atoms with Crippen LogP contribution in [0.1, 0.15) is 43.1 Å². The molecular formula is C18H18BrFN2O2. The smallest absolute Gasteiger partial charge is 0.374 e. The van der Waals surface area contributed by atoms with Gasteiger partial charge < -0.3 is 5.11 Å². The zero-order valence-electron chi connectivity index (χ0n) is 13.4. The molecule has 0 fully saturated rings. The zero-order chi connectivity index (χ0) is 17.3. The third-order valence-corrected chi connectivity index (χ3v) is 4.97. The number of imidazole rings is 1. The molecular weight excluding hydrogens is 375 g/mol. The lowest BCUT2D eigenvalue weighted by molar-refractivity contribution is -0.711. The molecule has 126 valence electrons. The maximum Gasteiger partial charge on any atom is 0.374 e. The predicted molar refractivity (Wildman–Crippen MR) is 91.8 cm³/mol. The van der Waals surface area contributed by atoms with Crippen LogP contribution in [-0.4, -0.2) is 10.4 Å². The highest BCUT2D eigenvalue weighted by atomic mass is 79.9. The molecule has 3 rings (SSSR count). The van der Waals surface area contributed by atoms with Gasteiger partial charge in [0.1, 0.15) is 5.88 Å². The first-order chi connectivity index (χ1) is 11.6. The van der Waals surface area contributed by atoms with Crippen LogP contribution in [0.2, 0.25) is 0 Å². The Morgan fingerprint density at radius 3 is 2.75 bits per heavy atom. The monoisotopic (exact) mass is 392 g/mol. The van der Waals surface area contributed by atoms with Crippen LogP contribution in [0.4, 0.5) is 4.39 Å². The second-order valence-corrected chi connectivity index (χ2v) is 6.70. The van der Waals surface area contributed by atoms with E-state index in [1.165, 1.54) is 8.97 Å². The van der Waals surface area contributed by atoms with Crippen LogP contribution in [0.15, 0.2) is 34.9 Å². The summed E-state index contributed by atoms with van der Waals surface area (Å²) in [5.41, 5.74) is 0.138. The fourth-order valence-electron chi connectivity index (χ4n) is 3.12. The Bertz CT molecular complexity index is 920. The standard InChI is InChI=1S/C18H18BrFN2O2/c1-2-3-4-5-10-22-17-13-7-6-8-14(19)12(13)9-11-21(17)15(16(20)23)18(22)24/h6-9,11H,2-5,10H2,1H3. The van der Waals surface area contributed by atoms with Crippen molar-refractivity contribution in [3.05, 3.63) is 40.6 Å². The number of hydrogen-bond donors (Lipinski definition) is 0. The van der Waals surface area contributed by atoms with Gasteiger partial charge in [-0.3, -0.25) is 4.79 Å². The minimum absolute atomic E-state index is 0.428. The molecule has 0 aliphatic rings. The summed E-state index contributed by atoms with van der Waals surface area (Å²) in [6.45, 7) is 2.59. The number of unbranched alkanes of at least 4 members (excludes halogenated alkanes) is 3. The van der Waals surface area contributed by atoms with Gasteiger partial charge in [-0.25, -0.2) is 4.57 Å². The average Bonchev–Trinajstić information content (AvgIpc) is 2.84. The summed E-state index contributed by atoms with van der Waals surface area (Å²) in [7, 11) is 0. The van der Waals surface area contributed by atoms with Gasteiger partial charge in [-0.15, -0.1) is 0 Å². The summed E-state index contributed by atoms with van der Waals surface area (Å²) in [6, 6.07) is 5.73. The predicted octanol–water partition coefficient (Wildman–Crippen LogP) is 3.91. The molecule has 0 aliphatic heterocycles. The van der Waals surface area contributed by atoms with Crippen molar-refractivity contribution in [3.8, 4) is 5.88 Å². The third-order valence-electron chi connectivity index (χ3n) is 4.28. The minimum Gasteiger partial charge on any atom is -0.839 e. The average molecular weight is 393 g/mol. The van der Waals surface area contributed by atoms with E-state index in [4.69, 9.17) is 0 Å². The van der Waals surface area contributed by atoms with E-state index in [0.717, 1.165) is 40.9 Å². The van der Waals surface area contributed by atoms with E-state index in [1.54, 1.807) is 12.3 Å². The third kappa shape index (κ3) is 2.79. The van der Waals surface area contributed by atoms with Crippen molar-refractivity contribution in [2.45, 2.75) is 39.2 Å². The number of aromatic nitrogens is 2. The number of hydrogen-bond acceptors (Lipinski definition) is 2. The summed E-state index contributed by atoms with van der Waals surface area (Å²) in [6.07, 6.45) is 5.57. The zero-order valence-corrected chi connectivity index (χ0v) is 15.0. The molecule has 0 saturated heterocycles. The van der Waals surface area contributed by atoms with Gasteiger partial charge in [-0.05, 0) is 31.0 Å². The van der Waals surface area contributed by atoms with E-state index in [2.05, 4.69) is 22.9 Å². The van der Waals surface area contributed by atoms with Crippen LogP contribution in [0.3, 0.4) is 0 Å². The van der Waals surface area contributed by atoms with Crippen molar-refractivity contribution in [2.75, 3.05) is 0 Å². The lowest BCUT2D eigenvalue weighted by Crippen LogP contribution is -2.36. The van der Waals surface area contributed by atoms with Gasteiger partial charge in [-0.2, -0.15) is 8.79 Å². The first-order valence-electron chi connectivity index (χ1n) is 8.08. The Hall–Kier alpha value is -1.95. The Kier molecular flexibility index (Phi) is 4.85. The molecule has 3 aromatic rings. The SMILES string of the molecule is CCCCCC[n+]1c([O-])c(C(=O)F)n2ccc3c(Br)cccc3c21. The van der Waals surface area contributed by atoms with Crippen molar-refractivity contribution in [2.24, 2.45) is 0 Å². The highest BCUT2D eigenvalue weighted by molar-refractivity contribution is 9.10. The first-order valence-corrected chi connectivity index (χ1v) is 8.87. The van der Waals surface area contributed by atoms with Crippen LogP contribution in [-0.2, 0) is 6.54 Å². The van der Waals surface area contributed by atoms with Crippen LogP contribution >= 0.6 is 15.9 Å². The number of benzene rings is 1. The molecule has 1 aromatic carbocycles. The summed E-state index contributed by atoms with van der Waals surface area (Å²) in [5, 5.41) is 14.3. The normalized spacial score (nSPS) is 11.5. The molecule has 0 radical (unpaired) electrons. The molecule has 0 spiro atoms. The van der Waals surface area contributed by atoms with Gasteiger partial charge in [-0.1, -0.05) is 41.8 Å². The van der Waals surface area contributed by atoms with E-state index in [0.29, 0.717) is 12.2 Å². The molecule has 2 heterocycles. The summed E-state index contributed by atoms with van der Waals surface area (Å²) in [5.74, 6) is -0.563. The number of carbonyl (C=O) groups excluding carboxylic acids is 1. The fourth-order valence-corrected chi connectivity index (χ4v) is 3.62. The number of halogens is 2. The van der Waals surface area contributed by atoms with E-state index >= 15 is 0 Å². The second-order valence-electron chi connectivity index (χ2n) is 5.85. The van der Waals surface area contributed by atoms with Gasteiger partial charge in [0.05, 0.1) is 18.1 Å². The van der Waals surface area contributed by atoms with E-state index < -0.39 is 17.6 Å². The largest absolute Gasteiger partial charge is 0.839 e. The van der Waals surface area contributed by atoms with Gasteiger partial charge in [0.2, 0.25) is 5.69 Å². The van der Waals surface area contributed by atoms with Gasteiger partial charge in [0.15, 0.2) is 0 Å². The molecule has 4 nitrogen and oxygen atoms in total. The van der Waals surface area contributed by atoms with Crippen molar-refractivity contribution in [1.29, 1.82) is 0 Å². The lowest BCUT2D eigenvalue weighted by atomic mass is 10.1. The van der Waals surface area contributed by atoms with Gasteiger partial charge in [0.25, 0.3) is 5.65 Å². The number of fused-ring (bicyclic) bond motifs is 3. The highest BCUT2D eigenvalue weighted by Crippen LogP contribution is 2.28. The molecule has 0 unspecified atom stereocenters. The molecule has 0 amide bonds. The van der Waals surface area contributed by atoms with Crippen LogP contribution in [0, 0.1) is 0 Å². The van der Waals surface area contributed by atoms with Gasteiger partial charge in [0, 0.05) is 9.86 Å². The van der Waals surface area contributed by atoms with Crippen molar-refractivity contribution in [3.63, 3.8) is 0 Å². The molecule has 0 bridgehead atoms. The fraction of sp³-hybridized carbons (Fsp3) is 0.333. The minimum atomic E-state index is -1.70. The van der Waals surface area contributed by atoms with Crippen molar-refractivity contribution < 1.29 is 18.9 Å². The number of carbonyl (C=O) groups is 1. The number of aryl methyl sites for hydroxylation is 1. The number of nitrogens with zero attached hydrogens (tertiary/aromatic N) is 2. The molecule has 0 N–H and O–H groups in total. The summed E-state index contributed by atoms with van der Waals surface area (Å²) < 4.78 is 17.3. The first kappa shape index (κ1) is 16.9. The van der Waals surface area contributed by atoms with Crippen LogP contribution in [0.5, 0.6) is 5.88 Å². The number of pyridine rings is 1.